The molecule has 0 spiro atoms. The third kappa shape index (κ3) is 9.17. The predicted octanol–water partition coefficient (Wildman–Crippen LogP) is -0.238. The van der Waals surface area contributed by atoms with Gasteiger partial charge in [0.15, 0.2) is 5.78 Å². The summed E-state index contributed by atoms with van der Waals surface area (Å²) in [5, 5.41) is 17.8. The molecule has 0 unspecified atom stereocenters. The number of methoxy groups -OCH3 is 1. The minimum Gasteiger partial charge on any atom is -0.423 e. The van der Waals surface area contributed by atoms with Crippen LogP contribution < -0.4 is 10.2 Å². The summed E-state index contributed by atoms with van der Waals surface area (Å²) in [6.45, 7) is 3.49. The van der Waals surface area contributed by atoms with Crippen molar-refractivity contribution in [2.75, 3.05) is 19.6 Å². The van der Waals surface area contributed by atoms with Gasteiger partial charge in [0.25, 0.3) is 0 Å². The normalized spacial score (nSPS) is 9.29. The monoisotopic (exact) mass is 311 g/mol. The van der Waals surface area contributed by atoms with Crippen molar-refractivity contribution in [1.82, 2.24) is 4.72 Å². The molecule has 0 aliphatic carbocycles. The first-order valence-electron chi connectivity index (χ1n) is 5.95. The zero-order chi connectivity index (χ0) is 16.1. The first-order chi connectivity index (χ1) is 10.1. The lowest BCUT2D eigenvalue weighted by Gasteiger charge is -2.04. The van der Waals surface area contributed by atoms with Crippen molar-refractivity contribution in [2.24, 2.45) is 0 Å². The lowest BCUT2D eigenvalue weighted by Crippen LogP contribution is -2.29. The number of hydrogen-bond donors (Lipinski definition) is 3. The van der Waals surface area contributed by atoms with E-state index >= 15 is 0 Å². The highest BCUT2D eigenvalue weighted by Crippen LogP contribution is 2.04. The summed E-state index contributed by atoms with van der Waals surface area (Å²) in [6.07, 6.45) is 1.83. The number of rotatable bonds is 8. The number of allylic oxidation sites excluding steroid dienone is 1. The van der Waals surface area contributed by atoms with E-state index in [9.17, 15) is 4.79 Å². The van der Waals surface area contributed by atoms with Gasteiger partial charge in [0.1, 0.15) is 13.0 Å². The second-order valence-electron chi connectivity index (χ2n) is 3.66. The third-order valence-corrected chi connectivity index (χ3v) is 2.86. The van der Waals surface area contributed by atoms with Gasteiger partial charge in [-0.2, -0.15) is 0 Å². The smallest absolute Gasteiger partial charge is 0.423 e. The van der Waals surface area contributed by atoms with Crippen LogP contribution in [0.15, 0.2) is 36.9 Å². The average molecular weight is 311 g/mol. The van der Waals surface area contributed by atoms with Crippen molar-refractivity contribution in [3.63, 3.8) is 0 Å². The van der Waals surface area contributed by atoms with E-state index in [-0.39, 0.29) is 5.78 Å². The summed E-state index contributed by atoms with van der Waals surface area (Å²) in [5.74, 6) is 0.266. The van der Waals surface area contributed by atoms with Crippen LogP contribution in [0.1, 0.15) is 10.4 Å². The lowest BCUT2D eigenvalue weighted by atomic mass is 9.80. The van der Waals surface area contributed by atoms with Crippen LogP contribution in [-0.2, 0) is 9.53 Å². The van der Waals surface area contributed by atoms with E-state index in [0.29, 0.717) is 29.8 Å². The van der Waals surface area contributed by atoms with Crippen molar-refractivity contribution in [3.8, 4) is 0 Å². The van der Waals surface area contributed by atoms with Gasteiger partial charge in [-0.15, -0.1) is 0 Å². The minimum absolute atomic E-state index is 0.0300. The molecule has 1 rings (SSSR count). The molecule has 0 amide bonds. The summed E-state index contributed by atoms with van der Waals surface area (Å²) in [5.41, 5.74) is 0.910. The van der Waals surface area contributed by atoms with E-state index in [2.05, 4.69) is 11.3 Å². The molecule has 0 aliphatic heterocycles. The lowest BCUT2D eigenvalue weighted by molar-refractivity contribution is -0.104. The molecule has 1 aromatic carbocycles. The Kier molecular flexibility index (Phi) is 11.5. The summed E-state index contributed by atoms with van der Waals surface area (Å²) in [7, 11) is 0.0609. The highest BCUT2D eigenvalue weighted by atomic mass is 32.2. The number of carbonyl (C=O) groups is 2. The third-order valence-electron chi connectivity index (χ3n) is 2.14. The first kappa shape index (κ1) is 19.6. The Morgan fingerprint density at radius 1 is 1.43 bits per heavy atom. The van der Waals surface area contributed by atoms with Crippen molar-refractivity contribution in [3.05, 3.63) is 42.5 Å². The van der Waals surface area contributed by atoms with Gasteiger partial charge < -0.3 is 14.8 Å². The van der Waals surface area contributed by atoms with Crippen LogP contribution in [0.5, 0.6) is 0 Å². The molecule has 0 fully saturated rings. The Bertz CT molecular complexity index is 433. The molecule has 3 N–H and O–H groups in total. The van der Waals surface area contributed by atoms with Gasteiger partial charge in [-0.3, -0.25) is 9.59 Å². The zero-order valence-corrected chi connectivity index (χ0v) is 12.5. The minimum atomic E-state index is -1.50. The van der Waals surface area contributed by atoms with E-state index in [1.54, 1.807) is 19.2 Å². The standard InChI is InChI=1S/C10H14BNO4S.C3H4O/c1-16-7-12-17-6-10(13)8-2-4-9(5-3-8)11(14)15;1-2-3-4/h2-5,12,14-15H,6-7H2,1H3;2-3H,1H2. The molecule has 0 bridgehead atoms. The van der Waals surface area contributed by atoms with Gasteiger partial charge in [0.05, 0.1) is 5.75 Å². The highest BCUT2D eigenvalue weighted by molar-refractivity contribution is 7.98. The summed E-state index contributed by atoms with van der Waals surface area (Å²) >= 11 is 1.27. The predicted molar refractivity (Wildman–Crippen MR) is 84.3 cm³/mol. The van der Waals surface area contributed by atoms with E-state index in [1.165, 1.54) is 30.2 Å². The van der Waals surface area contributed by atoms with E-state index in [4.69, 9.17) is 19.6 Å². The number of ketones is 1. The molecular weight excluding hydrogens is 293 g/mol. The van der Waals surface area contributed by atoms with Gasteiger partial charge in [-0.25, -0.2) is 4.72 Å². The van der Waals surface area contributed by atoms with Crippen molar-refractivity contribution >= 4 is 36.6 Å². The molecule has 0 saturated carbocycles. The van der Waals surface area contributed by atoms with Crippen LogP contribution in [-0.4, -0.2) is 48.8 Å². The number of benzene rings is 1. The van der Waals surface area contributed by atoms with E-state index in [0.717, 1.165) is 0 Å². The SMILES string of the molecule is C=CC=O.COCNSCC(=O)c1ccc(B(O)O)cc1. The Labute approximate surface area is 128 Å². The van der Waals surface area contributed by atoms with Crippen molar-refractivity contribution < 1.29 is 24.4 Å². The fourth-order valence-corrected chi connectivity index (χ4v) is 1.74. The quantitative estimate of drug-likeness (QED) is 0.116. The highest BCUT2D eigenvalue weighted by Gasteiger charge is 2.11. The molecule has 114 valence electrons. The Hall–Kier alpha value is -1.45. The topological polar surface area (TPSA) is 95.9 Å². The number of ether oxygens (including phenoxy) is 1. The van der Waals surface area contributed by atoms with Crippen LogP contribution in [0.4, 0.5) is 0 Å². The number of hydrogen-bond acceptors (Lipinski definition) is 7. The molecular formula is C13H18BNO5S. The maximum atomic E-state index is 11.7. The largest absolute Gasteiger partial charge is 0.488 e. The van der Waals surface area contributed by atoms with Crippen LogP contribution in [0.2, 0.25) is 0 Å². The summed E-state index contributed by atoms with van der Waals surface area (Å²) in [6, 6.07) is 6.19. The maximum Gasteiger partial charge on any atom is 0.488 e. The van der Waals surface area contributed by atoms with Gasteiger partial charge in [-0.05, 0) is 11.5 Å². The maximum absolute atomic E-state index is 11.7. The van der Waals surface area contributed by atoms with Crippen molar-refractivity contribution in [2.45, 2.75) is 0 Å². The Morgan fingerprint density at radius 2 is 2.00 bits per heavy atom. The molecule has 1 aromatic rings. The molecule has 0 aliphatic rings. The number of carbonyl (C=O) groups excluding carboxylic acids is 2. The average Bonchev–Trinajstić information content (AvgIpc) is 2.51. The molecule has 21 heavy (non-hydrogen) atoms. The first-order valence-corrected chi connectivity index (χ1v) is 6.94. The molecule has 0 aromatic heterocycles. The van der Waals surface area contributed by atoms with Gasteiger partial charge in [-0.1, -0.05) is 42.8 Å². The van der Waals surface area contributed by atoms with Gasteiger partial charge >= 0.3 is 7.12 Å². The number of aldehydes is 1. The molecule has 0 atom stereocenters. The second kappa shape index (κ2) is 12.3. The molecule has 8 heteroatoms. The fourth-order valence-electron chi connectivity index (χ4n) is 1.14. The van der Waals surface area contributed by atoms with E-state index < -0.39 is 7.12 Å². The molecule has 0 heterocycles. The Morgan fingerprint density at radius 3 is 2.43 bits per heavy atom. The zero-order valence-electron chi connectivity index (χ0n) is 11.7. The van der Waals surface area contributed by atoms with Crippen LogP contribution in [0, 0.1) is 0 Å². The van der Waals surface area contributed by atoms with Crippen molar-refractivity contribution in [1.29, 1.82) is 0 Å². The molecule has 0 radical (unpaired) electrons. The number of Topliss-reactive ketones (excluding diaryl/α,β-unsaturated/α-hetero) is 1. The van der Waals surface area contributed by atoms with Crippen LogP contribution >= 0.6 is 11.9 Å². The summed E-state index contributed by atoms with van der Waals surface area (Å²) < 4.78 is 7.63. The second-order valence-corrected chi connectivity index (χ2v) is 4.52. The van der Waals surface area contributed by atoms with Gasteiger partial charge in [0, 0.05) is 12.7 Å². The Balaban J connectivity index is 0.000000885. The van der Waals surface area contributed by atoms with Gasteiger partial charge in [0.2, 0.25) is 0 Å². The van der Waals surface area contributed by atoms with Crippen LogP contribution in [0.25, 0.3) is 0 Å². The fraction of sp³-hybridized carbons (Fsp3) is 0.231. The van der Waals surface area contributed by atoms with Crippen LogP contribution in [0.3, 0.4) is 0 Å². The molecule has 6 nitrogen and oxygen atoms in total. The van der Waals surface area contributed by atoms with E-state index in [1.807, 2.05) is 0 Å². The summed E-state index contributed by atoms with van der Waals surface area (Å²) in [4.78, 5) is 20.7. The number of nitrogens with one attached hydrogen (secondary N) is 1. The molecule has 0 saturated heterocycles.